The summed E-state index contributed by atoms with van der Waals surface area (Å²) in [5.74, 6) is 0.750. The molecule has 3 heteroatoms. The Balaban J connectivity index is 1.69. The average Bonchev–Trinajstić information content (AvgIpc) is 3.09. The molecule has 1 aliphatic carbocycles. The first kappa shape index (κ1) is 11.4. The summed E-state index contributed by atoms with van der Waals surface area (Å²) in [7, 11) is 2.03. The largest absolute Gasteiger partial charge is 0.373 e. The van der Waals surface area contributed by atoms with Crippen molar-refractivity contribution in [3.63, 3.8) is 0 Å². The SMILES string of the molecule is CN(CCNCC1CC1)c1ccc(F)cc1. The van der Waals surface area contributed by atoms with Crippen molar-refractivity contribution in [1.82, 2.24) is 5.32 Å². The van der Waals surface area contributed by atoms with Gasteiger partial charge in [0.2, 0.25) is 0 Å². The molecule has 0 spiro atoms. The van der Waals surface area contributed by atoms with Crippen LogP contribution in [0.15, 0.2) is 24.3 Å². The minimum Gasteiger partial charge on any atom is -0.373 e. The molecule has 0 bridgehead atoms. The predicted molar refractivity (Wildman–Crippen MR) is 65.3 cm³/mol. The van der Waals surface area contributed by atoms with Crippen LogP contribution in [0.2, 0.25) is 0 Å². The van der Waals surface area contributed by atoms with Crippen LogP contribution in [0.25, 0.3) is 0 Å². The topological polar surface area (TPSA) is 15.3 Å². The van der Waals surface area contributed by atoms with Gasteiger partial charge in [0, 0.05) is 25.8 Å². The third-order valence-corrected chi connectivity index (χ3v) is 3.02. The van der Waals surface area contributed by atoms with E-state index in [0.29, 0.717) is 0 Å². The summed E-state index contributed by atoms with van der Waals surface area (Å²) in [6.45, 7) is 3.10. The highest BCUT2D eigenvalue weighted by Gasteiger charge is 2.19. The fourth-order valence-electron chi connectivity index (χ4n) is 1.70. The molecule has 0 aliphatic heterocycles. The van der Waals surface area contributed by atoms with Crippen LogP contribution < -0.4 is 10.2 Å². The molecule has 16 heavy (non-hydrogen) atoms. The first-order chi connectivity index (χ1) is 7.75. The number of anilines is 1. The number of halogens is 1. The van der Waals surface area contributed by atoms with Crippen LogP contribution in [-0.2, 0) is 0 Å². The number of nitrogens with one attached hydrogen (secondary N) is 1. The van der Waals surface area contributed by atoms with Gasteiger partial charge in [-0.1, -0.05) is 0 Å². The fraction of sp³-hybridized carbons (Fsp3) is 0.538. The van der Waals surface area contributed by atoms with Gasteiger partial charge in [-0.2, -0.15) is 0 Å². The van der Waals surface area contributed by atoms with Crippen molar-refractivity contribution in [3.05, 3.63) is 30.1 Å². The maximum Gasteiger partial charge on any atom is 0.123 e. The van der Waals surface area contributed by atoms with Crippen molar-refractivity contribution in [2.24, 2.45) is 5.92 Å². The summed E-state index contributed by atoms with van der Waals surface area (Å²) in [6, 6.07) is 6.64. The molecule has 2 rings (SSSR count). The second-order valence-corrected chi connectivity index (χ2v) is 4.55. The number of hydrogen-bond donors (Lipinski definition) is 1. The number of likely N-dealkylation sites (N-methyl/N-ethyl adjacent to an activating group) is 1. The summed E-state index contributed by atoms with van der Waals surface area (Å²) < 4.78 is 12.7. The van der Waals surface area contributed by atoms with Crippen LogP contribution in [0.1, 0.15) is 12.8 Å². The number of rotatable bonds is 6. The Morgan fingerprint density at radius 3 is 2.62 bits per heavy atom. The van der Waals surface area contributed by atoms with Gasteiger partial charge in [-0.15, -0.1) is 0 Å². The zero-order valence-electron chi connectivity index (χ0n) is 9.75. The Morgan fingerprint density at radius 1 is 1.31 bits per heavy atom. The molecule has 1 fully saturated rings. The lowest BCUT2D eigenvalue weighted by Gasteiger charge is -2.19. The molecule has 0 unspecified atom stereocenters. The lowest BCUT2D eigenvalue weighted by atomic mass is 10.3. The smallest absolute Gasteiger partial charge is 0.123 e. The Kier molecular flexibility index (Phi) is 3.78. The monoisotopic (exact) mass is 222 g/mol. The van der Waals surface area contributed by atoms with Gasteiger partial charge in [0.25, 0.3) is 0 Å². The van der Waals surface area contributed by atoms with Crippen molar-refractivity contribution < 1.29 is 4.39 Å². The standard InChI is InChI=1S/C13H19FN2/c1-16(9-8-15-10-11-2-3-11)13-6-4-12(14)5-7-13/h4-7,11,15H,2-3,8-10H2,1H3. The molecule has 88 valence electrons. The molecular weight excluding hydrogens is 203 g/mol. The Labute approximate surface area is 96.5 Å². The molecule has 0 saturated heterocycles. The molecule has 1 aromatic rings. The molecule has 0 atom stereocenters. The highest BCUT2D eigenvalue weighted by atomic mass is 19.1. The summed E-state index contributed by atoms with van der Waals surface area (Å²) in [6.07, 6.45) is 2.78. The van der Waals surface area contributed by atoms with Gasteiger partial charge in [-0.25, -0.2) is 4.39 Å². The normalized spacial score (nSPS) is 15.1. The van der Waals surface area contributed by atoms with Crippen LogP contribution in [-0.4, -0.2) is 26.7 Å². The zero-order valence-corrected chi connectivity index (χ0v) is 9.75. The van der Waals surface area contributed by atoms with Gasteiger partial charge < -0.3 is 10.2 Å². The minimum atomic E-state index is -0.177. The van der Waals surface area contributed by atoms with Gasteiger partial charge in [0.05, 0.1) is 0 Å². The van der Waals surface area contributed by atoms with Gasteiger partial charge in [0.1, 0.15) is 5.82 Å². The van der Waals surface area contributed by atoms with E-state index in [-0.39, 0.29) is 5.82 Å². The molecule has 2 nitrogen and oxygen atoms in total. The van der Waals surface area contributed by atoms with Crippen molar-refractivity contribution in [2.75, 3.05) is 31.6 Å². The van der Waals surface area contributed by atoms with Gasteiger partial charge in [0.15, 0.2) is 0 Å². The number of benzene rings is 1. The predicted octanol–water partition coefficient (Wildman–Crippen LogP) is 2.26. The van der Waals surface area contributed by atoms with E-state index < -0.39 is 0 Å². The Hall–Kier alpha value is -1.09. The summed E-state index contributed by atoms with van der Waals surface area (Å²) in [4.78, 5) is 2.14. The highest BCUT2D eigenvalue weighted by Crippen LogP contribution is 2.27. The number of nitrogens with zero attached hydrogens (tertiary/aromatic N) is 1. The van der Waals surface area contributed by atoms with Crippen LogP contribution in [0, 0.1) is 11.7 Å². The lowest BCUT2D eigenvalue weighted by molar-refractivity contribution is 0.625. The molecule has 0 aromatic heterocycles. The molecule has 1 aliphatic rings. The van der Waals surface area contributed by atoms with E-state index in [1.165, 1.54) is 25.0 Å². The van der Waals surface area contributed by atoms with Gasteiger partial charge in [-0.05, 0) is 49.6 Å². The maximum absolute atomic E-state index is 12.7. The van der Waals surface area contributed by atoms with E-state index in [4.69, 9.17) is 0 Å². The molecule has 0 heterocycles. The first-order valence-corrected chi connectivity index (χ1v) is 5.93. The highest BCUT2D eigenvalue weighted by molar-refractivity contribution is 5.45. The van der Waals surface area contributed by atoms with Crippen LogP contribution in [0.5, 0.6) is 0 Å². The summed E-state index contributed by atoms with van der Waals surface area (Å²) in [5, 5.41) is 3.44. The third-order valence-electron chi connectivity index (χ3n) is 3.02. The van der Waals surface area contributed by atoms with Crippen molar-refractivity contribution in [1.29, 1.82) is 0 Å². The molecule has 1 N–H and O–H groups in total. The van der Waals surface area contributed by atoms with Crippen molar-refractivity contribution in [2.45, 2.75) is 12.8 Å². The maximum atomic E-state index is 12.7. The van der Waals surface area contributed by atoms with Crippen molar-refractivity contribution in [3.8, 4) is 0 Å². The summed E-state index contributed by atoms with van der Waals surface area (Å²) in [5.41, 5.74) is 1.06. The van der Waals surface area contributed by atoms with Gasteiger partial charge >= 0.3 is 0 Å². The average molecular weight is 222 g/mol. The Bertz CT molecular complexity index is 319. The second kappa shape index (κ2) is 5.30. The summed E-state index contributed by atoms with van der Waals surface area (Å²) >= 11 is 0. The third kappa shape index (κ3) is 3.49. The molecule has 0 radical (unpaired) electrons. The second-order valence-electron chi connectivity index (χ2n) is 4.55. The van der Waals surface area contributed by atoms with Crippen molar-refractivity contribution >= 4 is 5.69 Å². The Morgan fingerprint density at radius 2 is 2.00 bits per heavy atom. The fourth-order valence-corrected chi connectivity index (χ4v) is 1.70. The van der Waals surface area contributed by atoms with E-state index in [0.717, 1.165) is 31.2 Å². The van der Waals surface area contributed by atoms with E-state index in [2.05, 4.69) is 10.2 Å². The first-order valence-electron chi connectivity index (χ1n) is 5.93. The quantitative estimate of drug-likeness (QED) is 0.743. The van der Waals surface area contributed by atoms with E-state index in [1.54, 1.807) is 0 Å². The number of hydrogen-bond acceptors (Lipinski definition) is 2. The van der Waals surface area contributed by atoms with Crippen LogP contribution in [0.3, 0.4) is 0 Å². The molecular formula is C13H19FN2. The van der Waals surface area contributed by atoms with Gasteiger partial charge in [-0.3, -0.25) is 0 Å². The molecule has 1 aromatic carbocycles. The lowest BCUT2D eigenvalue weighted by Crippen LogP contribution is -2.30. The van der Waals surface area contributed by atoms with Crippen LogP contribution in [0.4, 0.5) is 10.1 Å². The van der Waals surface area contributed by atoms with Crippen LogP contribution >= 0.6 is 0 Å². The van der Waals surface area contributed by atoms with E-state index >= 15 is 0 Å². The van der Waals surface area contributed by atoms with E-state index in [1.807, 2.05) is 19.2 Å². The zero-order chi connectivity index (χ0) is 11.4. The minimum absolute atomic E-state index is 0.177. The molecule has 1 saturated carbocycles. The van der Waals surface area contributed by atoms with E-state index in [9.17, 15) is 4.39 Å². The molecule has 0 amide bonds.